The molecule has 122 valence electrons. The van der Waals surface area contributed by atoms with E-state index in [1.807, 2.05) is 17.5 Å². The van der Waals surface area contributed by atoms with E-state index in [-0.39, 0.29) is 5.91 Å². The summed E-state index contributed by atoms with van der Waals surface area (Å²) in [6.07, 6.45) is 3.93. The van der Waals surface area contributed by atoms with E-state index < -0.39 is 0 Å². The van der Waals surface area contributed by atoms with Gasteiger partial charge in [-0.25, -0.2) is 4.98 Å². The van der Waals surface area contributed by atoms with Gasteiger partial charge in [-0.15, -0.1) is 11.3 Å². The lowest BCUT2D eigenvalue weighted by Gasteiger charge is -2.21. The Bertz CT molecular complexity index is 662. The van der Waals surface area contributed by atoms with Gasteiger partial charge in [0, 0.05) is 17.4 Å². The van der Waals surface area contributed by atoms with Gasteiger partial charge in [0.15, 0.2) is 5.13 Å². The number of carbonyl (C=O) groups excluding carboxylic acids is 1. The van der Waals surface area contributed by atoms with Crippen molar-refractivity contribution in [2.75, 3.05) is 18.4 Å². The molecule has 0 radical (unpaired) electrons. The van der Waals surface area contributed by atoms with Crippen LogP contribution in [-0.4, -0.2) is 24.0 Å². The van der Waals surface area contributed by atoms with Crippen molar-refractivity contribution in [3.8, 4) is 11.3 Å². The van der Waals surface area contributed by atoms with Crippen molar-refractivity contribution in [1.82, 2.24) is 10.3 Å². The molecule has 1 aliphatic heterocycles. The van der Waals surface area contributed by atoms with Crippen molar-refractivity contribution in [2.24, 2.45) is 5.92 Å². The lowest BCUT2D eigenvalue weighted by Crippen LogP contribution is -2.28. The summed E-state index contributed by atoms with van der Waals surface area (Å²) in [6, 6.07) is 8.17. The van der Waals surface area contributed by atoms with Crippen LogP contribution in [0.15, 0.2) is 29.6 Å². The van der Waals surface area contributed by atoms with Crippen LogP contribution in [0.25, 0.3) is 11.3 Å². The summed E-state index contributed by atoms with van der Waals surface area (Å²) < 4.78 is 0. The summed E-state index contributed by atoms with van der Waals surface area (Å²) in [5.41, 5.74) is 3.25. The number of nitrogens with one attached hydrogen (secondary N) is 2. The van der Waals surface area contributed by atoms with Crippen molar-refractivity contribution in [3.63, 3.8) is 0 Å². The van der Waals surface area contributed by atoms with Crippen LogP contribution in [0.3, 0.4) is 0 Å². The highest BCUT2D eigenvalue weighted by molar-refractivity contribution is 7.14. The molecule has 5 heteroatoms. The van der Waals surface area contributed by atoms with Gasteiger partial charge in [-0.05, 0) is 50.8 Å². The Labute approximate surface area is 141 Å². The number of thiazole rings is 1. The SMILES string of the molecule is Cc1ccccc1-c1csc(NC(=O)CCC2CCNCC2)n1. The molecule has 1 aromatic heterocycles. The van der Waals surface area contributed by atoms with E-state index >= 15 is 0 Å². The number of hydrogen-bond donors (Lipinski definition) is 2. The van der Waals surface area contributed by atoms with Gasteiger partial charge in [0.05, 0.1) is 5.69 Å². The monoisotopic (exact) mass is 329 g/mol. The summed E-state index contributed by atoms with van der Waals surface area (Å²) in [5, 5.41) is 9.00. The number of benzene rings is 1. The first-order chi connectivity index (χ1) is 11.2. The van der Waals surface area contributed by atoms with Crippen LogP contribution in [0, 0.1) is 12.8 Å². The molecular weight excluding hydrogens is 306 g/mol. The lowest BCUT2D eigenvalue weighted by atomic mass is 9.93. The Hall–Kier alpha value is -1.72. The number of aromatic nitrogens is 1. The Morgan fingerprint density at radius 2 is 2.13 bits per heavy atom. The molecule has 4 nitrogen and oxygen atoms in total. The summed E-state index contributed by atoms with van der Waals surface area (Å²) in [6.45, 7) is 4.24. The molecule has 1 saturated heterocycles. The second-order valence-corrected chi connectivity index (χ2v) is 6.99. The smallest absolute Gasteiger partial charge is 0.226 e. The van der Waals surface area contributed by atoms with E-state index in [1.165, 1.54) is 29.7 Å². The van der Waals surface area contributed by atoms with Crippen molar-refractivity contribution >= 4 is 22.4 Å². The Kier molecular flexibility index (Phi) is 5.41. The predicted molar refractivity (Wildman–Crippen MR) is 95.7 cm³/mol. The summed E-state index contributed by atoms with van der Waals surface area (Å²) in [5.74, 6) is 0.759. The topological polar surface area (TPSA) is 54.0 Å². The Balaban J connectivity index is 1.54. The van der Waals surface area contributed by atoms with E-state index in [4.69, 9.17) is 0 Å². The third kappa shape index (κ3) is 4.39. The van der Waals surface area contributed by atoms with Gasteiger partial charge in [-0.2, -0.15) is 0 Å². The minimum absolute atomic E-state index is 0.0780. The van der Waals surface area contributed by atoms with E-state index in [1.54, 1.807) is 0 Å². The Morgan fingerprint density at radius 3 is 2.91 bits per heavy atom. The molecule has 0 atom stereocenters. The van der Waals surface area contributed by atoms with E-state index in [0.29, 0.717) is 17.5 Å². The van der Waals surface area contributed by atoms with Gasteiger partial charge < -0.3 is 10.6 Å². The standard InChI is InChI=1S/C18H23N3OS/c1-13-4-2-3-5-15(13)16-12-23-18(20-16)21-17(22)7-6-14-8-10-19-11-9-14/h2-5,12,14,19H,6-11H2,1H3,(H,20,21,22). The van der Waals surface area contributed by atoms with Crippen molar-refractivity contribution in [3.05, 3.63) is 35.2 Å². The normalized spacial score (nSPS) is 15.5. The maximum atomic E-state index is 12.1. The van der Waals surface area contributed by atoms with Gasteiger partial charge in [0.25, 0.3) is 0 Å². The summed E-state index contributed by atoms with van der Waals surface area (Å²) in [4.78, 5) is 16.7. The molecule has 1 amide bonds. The molecule has 1 fully saturated rings. The minimum Gasteiger partial charge on any atom is -0.317 e. The van der Waals surface area contributed by atoms with Crippen LogP contribution >= 0.6 is 11.3 Å². The predicted octanol–water partition coefficient (Wildman–Crippen LogP) is 3.84. The molecule has 0 saturated carbocycles. The molecule has 2 heterocycles. The van der Waals surface area contributed by atoms with Gasteiger partial charge in [-0.3, -0.25) is 4.79 Å². The maximum absolute atomic E-state index is 12.1. The molecule has 0 spiro atoms. The highest BCUT2D eigenvalue weighted by Crippen LogP contribution is 2.27. The van der Waals surface area contributed by atoms with Gasteiger partial charge in [0.1, 0.15) is 0 Å². The fourth-order valence-electron chi connectivity index (χ4n) is 3.00. The second kappa shape index (κ2) is 7.70. The maximum Gasteiger partial charge on any atom is 0.226 e. The molecule has 3 rings (SSSR count). The molecule has 23 heavy (non-hydrogen) atoms. The van der Waals surface area contributed by atoms with Crippen LogP contribution in [0.1, 0.15) is 31.2 Å². The molecular formula is C18H23N3OS. The number of carbonyl (C=O) groups is 1. The van der Waals surface area contributed by atoms with Crippen LogP contribution < -0.4 is 10.6 Å². The average molecular weight is 329 g/mol. The van der Waals surface area contributed by atoms with Crippen LogP contribution in [0.2, 0.25) is 0 Å². The fraction of sp³-hybridized carbons (Fsp3) is 0.444. The van der Waals surface area contributed by atoms with Gasteiger partial charge >= 0.3 is 0 Å². The first-order valence-corrected chi connectivity index (χ1v) is 9.12. The molecule has 0 bridgehead atoms. The molecule has 1 aliphatic rings. The zero-order chi connectivity index (χ0) is 16.1. The summed E-state index contributed by atoms with van der Waals surface area (Å²) >= 11 is 1.49. The molecule has 2 aromatic rings. The van der Waals surface area contributed by atoms with E-state index in [9.17, 15) is 4.79 Å². The van der Waals surface area contributed by atoms with Crippen molar-refractivity contribution < 1.29 is 4.79 Å². The number of piperidine rings is 1. The third-order valence-electron chi connectivity index (χ3n) is 4.41. The minimum atomic E-state index is 0.0780. The quantitative estimate of drug-likeness (QED) is 0.876. The zero-order valence-corrected chi connectivity index (χ0v) is 14.3. The summed E-state index contributed by atoms with van der Waals surface area (Å²) in [7, 11) is 0. The van der Waals surface area contributed by atoms with Crippen LogP contribution in [-0.2, 0) is 4.79 Å². The lowest BCUT2D eigenvalue weighted by molar-refractivity contribution is -0.116. The number of rotatable bonds is 5. The molecule has 2 N–H and O–H groups in total. The Morgan fingerprint density at radius 1 is 1.35 bits per heavy atom. The molecule has 0 aliphatic carbocycles. The van der Waals surface area contributed by atoms with Crippen LogP contribution in [0.4, 0.5) is 5.13 Å². The van der Waals surface area contributed by atoms with Crippen molar-refractivity contribution in [2.45, 2.75) is 32.6 Å². The molecule has 0 unspecified atom stereocenters. The number of nitrogens with zero attached hydrogens (tertiary/aromatic N) is 1. The highest BCUT2D eigenvalue weighted by Gasteiger charge is 2.15. The van der Waals surface area contributed by atoms with E-state index in [0.717, 1.165) is 30.8 Å². The van der Waals surface area contributed by atoms with Crippen molar-refractivity contribution in [1.29, 1.82) is 0 Å². The average Bonchev–Trinajstić information content (AvgIpc) is 3.02. The second-order valence-electron chi connectivity index (χ2n) is 6.13. The zero-order valence-electron chi connectivity index (χ0n) is 13.5. The van der Waals surface area contributed by atoms with E-state index in [2.05, 4.69) is 34.7 Å². The highest BCUT2D eigenvalue weighted by atomic mass is 32.1. The number of aryl methyl sites for hydroxylation is 1. The number of hydrogen-bond acceptors (Lipinski definition) is 4. The van der Waals surface area contributed by atoms with Gasteiger partial charge in [-0.1, -0.05) is 24.3 Å². The fourth-order valence-corrected chi connectivity index (χ4v) is 3.73. The molecule has 1 aromatic carbocycles. The van der Waals surface area contributed by atoms with Crippen LogP contribution in [0.5, 0.6) is 0 Å². The largest absolute Gasteiger partial charge is 0.317 e. The first-order valence-electron chi connectivity index (χ1n) is 8.24. The van der Waals surface area contributed by atoms with Gasteiger partial charge in [0.2, 0.25) is 5.91 Å². The number of amides is 1. The third-order valence-corrected chi connectivity index (χ3v) is 5.17. The first kappa shape index (κ1) is 16.1. The number of anilines is 1.